The number of hydrogen-bond donors (Lipinski definition) is 0. The van der Waals surface area contributed by atoms with Gasteiger partial charge in [0.05, 0.1) is 6.61 Å². The topological polar surface area (TPSA) is 32.8 Å². The van der Waals surface area contributed by atoms with Gasteiger partial charge in [0.2, 0.25) is 0 Å². The van der Waals surface area contributed by atoms with E-state index in [1.165, 1.54) is 5.69 Å². The van der Waals surface area contributed by atoms with Crippen molar-refractivity contribution >= 4 is 35.8 Å². The van der Waals surface area contributed by atoms with E-state index >= 15 is 0 Å². The summed E-state index contributed by atoms with van der Waals surface area (Å²) in [5, 5.41) is 0. The molecule has 4 nitrogen and oxygen atoms in total. The molecule has 0 N–H and O–H groups in total. The van der Waals surface area contributed by atoms with E-state index in [0.29, 0.717) is 6.61 Å². The molecule has 6 heteroatoms. The first kappa shape index (κ1) is 17.3. The Hall–Kier alpha value is -1.01. The molecule has 2 rings (SSSR count). The van der Waals surface area contributed by atoms with Crippen molar-refractivity contribution in [3.63, 3.8) is 0 Å². The van der Waals surface area contributed by atoms with Gasteiger partial charge in [-0.3, -0.25) is 0 Å². The largest absolute Gasteiger partial charge is 0.450 e. The molecule has 0 unspecified atom stereocenters. The number of piperazine rings is 1. The third-order valence-corrected chi connectivity index (χ3v) is 5.99. The van der Waals surface area contributed by atoms with Crippen LogP contribution < -0.4 is 4.90 Å². The van der Waals surface area contributed by atoms with Gasteiger partial charge in [0.25, 0.3) is 0 Å². The number of hydrogen-bond acceptors (Lipinski definition) is 3. The van der Waals surface area contributed by atoms with Crippen molar-refractivity contribution in [1.29, 1.82) is 0 Å². The maximum absolute atomic E-state index is 12.1. The van der Waals surface area contributed by atoms with E-state index in [1.54, 1.807) is 0 Å². The van der Waals surface area contributed by atoms with Crippen LogP contribution in [0.25, 0.3) is 0 Å². The molecule has 0 radical (unpaired) electrons. The first-order chi connectivity index (χ1) is 10.3. The van der Waals surface area contributed by atoms with Gasteiger partial charge in [-0.25, -0.2) is 4.79 Å². The molecular formula is C16H25BrN2O2Si. The molecule has 0 spiro atoms. The lowest BCUT2D eigenvalue weighted by molar-refractivity contribution is 0.105. The van der Waals surface area contributed by atoms with Crippen molar-refractivity contribution in [2.75, 3.05) is 37.7 Å². The third kappa shape index (κ3) is 5.32. The molecule has 122 valence electrons. The van der Waals surface area contributed by atoms with Gasteiger partial charge in [-0.15, -0.1) is 0 Å². The Labute approximate surface area is 142 Å². The molecule has 1 aliphatic heterocycles. The van der Waals surface area contributed by atoms with Gasteiger partial charge >= 0.3 is 6.09 Å². The zero-order valence-electron chi connectivity index (χ0n) is 13.6. The summed E-state index contributed by atoms with van der Waals surface area (Å²) in [5.74, 6) is 0. The minimum Gasteiger partial charge on any atom is -0.450 e. The van der Waals surface area contributed by atoms with Gasteiger partial charge in [0.1, 0.15) is 0 Å². The molecule has 0 saturated carbocycles. The quantitative estimate of drug-likeness (QED) is 0.734. The monoisotopic (exact) mass is 384 g/mol. The van der Waals surface area contributed by atoms with Crippen molar-refractivity contribution in [2.24, 2.45) is 0 Å². The summed E-state index contributed by atoms with van der Waals surface area (Å²) in [5.41, 5.74) is 1.20. The van der Waals surface area contributed by atoms with Gasteiger partial charge in [-0.1, -0.05) is 41.6 Å². The minimum atomic E-state index is -1.14. The fraction of sp³-hybridized carbons (Fsp3) is 0.562. The third-order valence-electron chi connectivity index (χ3n) is 3.79. The molecule has 1 saturated heterocycles. The molecule has 0 aliphatic carbocycles. The van der Waals surface area contributed by atoms with E-state index in [-0.39, 0.29) is 6.09 Å². The van der Waals surface area contributed by atoms with Crippen LogP contribution in [0.5, 0.6) is 0 Å². The van der Waals surface area contributed by atoms with Crippen LogP contribution in [0.1, 0.15) is 0 Å². The van der Waals surface area contributed by atoms with Crippen molar-refractivity contribution in [1.82, 2.24) is 4.90 Å². The van der Waals surface area contributed by atoms with Gasteiger partial charge in [-0.2, -0.15) is 0 Å². The van der Waals surface area contributed by atoms with Gasteiger partial charge < -0.3 is 14.5 Å². The predicted molar refractivity (Wildman–Crippen MR) is 97.4 cm³/mol. The molecule has 0 aromatic heterocycles. The summed E-state index contributed by atoms with van der Waals surface area (Å²) >= 11 is 3.50. The molecule has 22 heavy (non-hydrogen) atoms. The van der Waals surface area contributed by atoms with Gasteiger partial charge in [0, 0.05) is 44.4 Å². The predicted octanol–water partition coefficient (Wildman–Crippen LogP) is 4.05. The van der Waals surface area contributed by atoms with E-state index in [0.717, 1.165) is 36.7 Å². The van der Waals surface area contributed by atoms with E-state index < -0.39 is 8.07 Å². The Balaban J connectivity index is 1.78. The van der Waals surface area contributed by atoms with Gasteiger partial charge in [-0.05, 0) is 24.2 Å². The summed E-state index contributed by atoms with van der Waals surface area (Å²) in [6, 6.07) is 9.30. The normalized spacial score (nSPS) is 15.8. The highest BCUT2D eigenvalue weighted by Crippen LogP contribution is 2.21. The zero-order chi connectivity index (χ0) is 16.2. The summed E-state index contributed by atoms with van der Waals surface area (Å²) in [6.45, 7) is 10.6. The number of rotatable bonds is 4. The summed E-state index contributed by atoms with van der Waals surface area (Å²) in [7, 11) is -1.14. The smallest absolute Gasteiger partial charge is 0.409 e. The van der Waals surface area contributed by atoms with Crippen LogP contribution >= 0.6 is 15.9 Å². The molecular weight excluding hydrogens is 360 g/mol. The Morgan fingerprint density at radius 1 is 1.23 bits per heavy atom. The zero-order valence-corrected chi connectivity index (χ0v) is 16.2. The number of carbonyl (C=O) groups is 1. The summed E-state index contributed by atoms with van der Waals surface area (Å²) < 4.78 is 6.49. The van der Waals surface area contributed by atoms with Crippen molar-refractivity contribution in [3.8, 4) is 0 Å². The van der Waals surface area contributed by atoms with Crippen LogP contribution in [0.3, 0.4) is 0 Å². The average Bonchev–Trinajstić information content (AvgIpc) is 2.46. The molecule has 1 aliphatic rings. The molecule has 1 aromatic carbocycles. The van der Waals surface area contributed by atoms with Gasteiger partial charge in [0.15, 0.2) is 0 Å². The Morgan fingerprint density at radius 2 is 1.91 bits per heavy atom. The lowest BCUT2D eigenvalue weighted by Gasteiger charge is -2.35. The fourth-order valence-corrected chi connectivity index (χ4v) is 3.46. The van der Waals surface area contributed by atoms with E-state index in [4.69, 9.17) is 4.74 Å². The van der Waals surface area contributed by atoms with Crippen LogP contribution in [0, 0.1) is 0 Å². The second-order valence-corrected chi connectivity index (χ2v) is 13.4. The Kier molecular flexibility index (Phi) is 5.92. The van der Waals surface area contributed by atoms with E-state index in [1.807, 2.05) is 17.0 Å². The number of carbonyl (C=O) groups excluding carboxylic acids is 1. The highest BCUT2D eigenvalue weighted by atomic mass is 79.9. The Bertz CT molecular complexity index is 511. The SMILES string of the molecule is C[Si](C)(C)CCOC(=O)N1CCN(c2cccc(Br)c2)CC1. The van der Waals surface area contributed by atoms with Crippen molar-refractivity contribution in [2.45, 2.75) is 25.7 Å². The van der Waals surface area contributed by atoms with Crippen molar-refractivity contribution < 1.29 is 9.53 Å². The maximum atomic E-state index is 12.1. The molecule has 0 bridgehead atoms. The van der Waals surface area contributed by atoms with E-state index in [9.17, 15) is 4.79 Å². The second-order valence-electron chi connectivity index (χ2n) is 6.88. The first-order valence-electron chi connectivity index (χ1n) is 7.77. The fourth-order valence-electron chi connectivity index (χ4n) is 2.36. The first-order valence-corrected chi connectivity index (χ1v) is 12.3. The number of benzene rings is 1. The molecule has 0 atom stereocenters. The lowest BCUT2D eigenvalue weighted by atomic mass is 10.2. The lowest BCUT2D eigenvalue weighted by Crippen LogP contribution is -2.49. The minimum absolute atomic E-state index is 0.160. The molecule has 1 amide bonds. The summed E-state index contributed by atoms with van der Waals surface area (Å²) in [6.07, 6.45) is -0.160. The van der Waals surface area contributed by atoms with Crippen LogP contribution in [0.2, 0.25) is 25.7 Å². The van der Waals surface area contributed by atoms with Crippen LogP contribution in [0.4, 0.5) is 10.5 Å². The van der Waals surface area contributed by atoms with E-state index in [2.05, 4.69) is 52.6 Å². The second kappa shape index (κ2) is 7.50. The number of anilines is 1. The number of ether oxygens (including phenoxy) is 1. The highest BCUT2D eigenvalue weighted by molar-refractivity contribution is 9.10. The molecule has 1 heterocycles. The number of halogens is 1. The van der Waals surface area contributed by atoms with Crippen LogP contribution in [-0.2, 0) is 4.74 Å². The standard InChI is InChI=1S/C16H25BrN2O2Si/c1-22(2,3)12-11-21-16(20)19-9-7-18(8-10-19)15-6-4-5-14(17)13-15/h4-6,13H,7-12H2,1-3H3. The highest BCUT2D eigenvalue weighted by Gasteiger charge is 2.23. The maximum Gasteiger partial charge on any atom is 0.409 e. The van der Waals surface area contributed by atoms with Crippen LogP contribution in [-0.4, -0.2) is 51.9 Å². The summed E-state index contributed by atoms with van der Waals surface area (Å²) in [4.78, 5) is 16.2. The number of amides is 1. The van der Waals surface area contributed by atoms with Crippen molar-refractivity contribution in [3.05, 3.63) is 28.7 Å². The molecule has 1 fully saturated rings. The average molecular weight is 385 g/mol. The van der Waals surface area contributed by atoms with Crippen LogP contribution in [0.15, 0.2) is 28.7 Å². The Morgan fingerprint density at radius 3 is 2.50 bits per heavy atom. The molecule has 1 aromatic rings. The number of nitrogens with zero attached hydrogens (tertiary/aromatic N) is 2.